The van der Waals surface area contributed by atoms with Crippen LogP contribution in [-0.4, -0.2) is 21.7 Å². The standard InChI is InChI=1S/C20H17N5O3/c21-11-13-17(16-5-2-10-28-16)18-14(3-1-4-15(18)26)25(19(13)22)24-20(27)12-6-8-23-9-7-12/h2,5-10,17H,1,3-4,22H2,(H,24,27). The number of nitrogens with zero attached hydrogens (tertiary/aromatic N) is 3. The number of amides is 1. The van der Waals surface area contributed by atoms with Crippen LogP contribution in [0.3, 0.4) is 0 Å². The first-order valence-corrected chi connectivity index (χ1v) is 8.82. The number of carbonyl (C=O) groups excluding carboxylic acids is 2. The van der Waals surface area contributed by atoms with Gasteiger partial charge >= 0.3 is 0 Å². The first-order valence-electron chi connectivity index (χ1n) is 8.82. The Morgan fingerprint density at radius 1 is 1.32 bits per heavy atom. The van der Waals surface area contributed by atoms with Gasteiger partial charge in [0.25, 0.3) is 5.91 Å². The predicted molar refractivity (Wildman–Crippen MR) is 97.7 cm³/mol. The van der Waals surface area contributed by atoms with Crippen LogP contribution in [0.15, 0.2) is 70.0 Å². The van der Waals surface area contributed by atoms with Gasteiger partial charge in [-0.2, -0.15) is 5.26 Å². The number of hydrogen-bond donors (Lipinski definition) is 2. The number of nitriles is 1. The van der Waals surface area contributed by atoms with Crippen molar-refractivity contribution < 1.29 is 14.0 Å². The highest BCUT2D eigenvalue weighted by Gasteiger charge is 2.41. The van der Waals surface area contributed by atoms with Crippen molar-refractivity contribution in [3.8, 4) is 6.07 Å². The topological polar surface area (TPSA) is 125 Å². The zero-order chi connectivity index (χ0) is 19.7. The number of rotatable bonds is 3. The summed E-state index contributed by atoms with van der Waals surface area (Å²) in [4.78, 5) is 29.3. The minimum atomic E-state index is -0.670. The molecule has 0 aromatic carbocycles. The molecule has 28 heavy (non-hydrogen) atoms. The van der Waals surface area contributed by atoms with Crippen molar-refractivity contribution >= 4 is 11.7 Å². The van der Waals surface area contributed by atoms with Crippen molar-refractivity contribution in [3.63, 3.8) is 0 Å². The second-order valence-electron chi connectivity index (χ2n) is 6.51. The van der Waals surface area contributed by atoms with Gasteiger partial charge < -0.3 is 10.2 Å². The van der Waals surface area contributed by atoms with Gasteiger partial charge in [0.2, 0.25) is 0 Å². The van der Waals surface area contributed by atoms with Crippen LogP contribution in [0.5, 0.6) is 0 Å². The number of Topliss-reactive ketones (excluding diaryl/α,β-unsaturated/α-hetero) is 1. The fourth-order valence-electron chi connectivity index (χ4n) is 3.62. The fraction of sp³-hybridized carbons (Fsp3) is 0.200. The lowest BCUT2D eigenvalue weighted by molar-refractivity contribution is -0.116. The molecule has 4 rings (SSSR count). The van der Waals surface area contributed by atoms with E-state index in [4.69, 9.17) is 10.2 Å². The summed E-state index contributed by atoms with van der Waals surface area (Å²) >= 11 is 0. The van der Waals surface area contributed by atoms with Gasteiger partial charge in [-0.25, -0.2) is 5.01 Å². The molecule has 1 atom stereocenters. The van der Waals surface area contributed by atoms with Gasteiger partial charge in [0, 0.05) is 30.0 Å². The Morgan fingerprint density at radius 2 is 2.11 bits per heavy atom. The molecule has 0 saturated heterocycles. The fourth-order valence-corrected chi connectivity index (χ4v) is 3.62. The molecule has 2 aliphatic rings. The summed E-state index contributed by atoms with van der Waals surface area (Å²) in [6.07, 6.45) is 6.07. The first kappa shape index (κ1) is 17.5. The number of nitrogens with one attached hydrogen (secondary N) is 1. The van der Waals surface area contributed by atoms with E-state index in [2.05, 4.69) is 16.5 Å². The summed E-state index contributed by atoms with van der Waals surface area (Å²) in [7, 11) is 0. The molecule has 1 unspecified atom stereocenters. The maximum Gasteiger partial charge on any atom is 0.270 e. The molecule has 1 amide bonds. The number of hydrazine groups is 1. The molecule has 3 N–H and O–H groups in total. The van der Waals surface area contributed by atoms with Crippen LogP contribution in [0.2, 0.25) is 0 Å². The number of nitrogens with two attached hydrogens (primary N) is 1. The quantitative estimate of drug-likeness (QED) is 0.841. The molecule has 0 bridgehead atoms. The van der Waals surface area contributed by atoms with Crippen LogP contribution in [0.1, 0.15) is 41.3 Å². The van der Waals surface area contributed by atoms with E-state index < -0.39 is 11.8 Å². The maximum atomic E-state index is 12.8. The lowest BCUT2D eigenvalue weighted by atomic mass is 9.78. The van der Waals surface area contributed by atoms with Gasteiger partial charge in [0.15, 0.2) is 5.78 Å². The number of ketones is 1. The second-order valence-corrected chi connectivity index (χ2v) is 6.51. The van der Waals surface area contributed by atoms with Crippen molar-refractivity contribution in [2.75, 3.05) is 0 Å². The zero-order valence-corrected chi connectivity index (χ0v) is 14.9. The Labute approximate surface area is 160 Å². The van der Waals surface area contributed by atoms with Crippen molar-refractivity contribution in [1.29, 1.82) is 5.26 Å². The Morgan fingerprint density at radius 3 is 2.79 bits per heavy atom. The summed E-state index contributed by atoms with van der Waals surface area (Å²) in [5.74, 6) is -0.603. The Kier molecular flexibility index (Phi) is 4.41. The van der Waals surface area contributed by atoms with Crippen molar-refractivity contribution in [1.82, 2.24) is 15.4 Å². The lowest BCUT2D eigenvalue weighted by Crippen LogP contribution is -2.48. The lowest BCUT2D eigenvalue weighted by Gasteiger charge is -2.38. The molecule has 2 aromatic heterocycles. The Balaban J connectivity index is 1.80. The Hall–Kier alpha value is -3.86. The molecule has 0 radical (unpaired) electrons. The molecule has 3 heterocycles. The number of furan rings is 1. The average Bonchev–Trinajstić information content (AvgIpc) is 3.25. The molecule has 0 spiro atoms. The highest BCUT2D eigenvalue weighted by Crippen LogP contribution is 2.44. The van der Waals surface area contributed by atoms with Crippen molar-refractivity contribution in [3.05, 3.63) is 76.9 Å². The number of hydrogen-bond acceptors (Lipinski definition) is 7. The summed E-state index contributed by atoms with van der Waals surface area (Å²) in [5.41, 5.74) is 10.6. The number of pyridine rings is 1. The monoisotopic (exact) mass is 375 g/mol. The molecule has 1 aliphatic heterocycles. The smallest absolute Gasteiger partial charge is 0.270 e. The third-order valence-corrected chi connectivity index (χ3v) is 4.90. The molecule has 1 aliphatic carbocycles. The van der Waals surface area contributed by atoms with E-state index >= 15 is 0 Å². The van der Waals surface area contributed by atoms with E-state index in [0.717, 1.165) is 0 Å². The van der Waals surface area contributed by atoms with Crippen molar-refractivity contribution in [2.24, 2.45) is 5.73 Å². The van der Waals surface area contributed by atoms with Crippen LogP contribution >= 0.6 is 0 Å². The zero-order valence-electron chi connectivity index (χ0n) is 14.9. The third kappa shape index (κ3) is 2.83. The largest absolute Gasteiger partial charge is 0.468 e. The SMILES string of the molecule is N#CC1=C(N)N(NC(=O)c2ccncc2)C2=C(C(=O)CCC2)C1c1ccco1. The van der Waals surface area contributed by atoms with Gasteiger partial charge in [0.1, 0.15) is 11.6 Å². The van der Waals surface area contributed by atoms with Gasteiger partial charge in [-0.05, 0) is 37.1 Å². The summed E-state index contributed by atoms with van der Waals surface area (Å²) in [6, 6.07) is 8.64. The molecular formula is C20H17N5O3. The van der Waals surface area contributed by atoms with E-state index in [0.29, 0.717) is 41.9 Å². The summed E-state index contributed by atoms with van der Waals surface area (Å²) in [6.45, 7) is 0. The van der Waals surface area contributed by atoms with E-state index in [1.54, 1.807) is 24.3 Å². The second kappa shape index (κ2) is 7.04. The molecule has 8 nitrogen and oxygen atoms in total. The third-order valence-electron chi connectivity index (χ3n) is 4.90. The molecule has 0 saturated carbocycles. The molecule has 140 valence electrons. The molecular weight excluding hydrogens is 358 g/mol. The molecule has 0 fully saturated rings. The first-order chi connectivity index (χ1) is 13.6. The van der Waals surface area contributed by atoms with Crippen LogP contribution in [0, 0.1) is 11.3 Å². The van der Waals surface area contributed by atoms with Gasteiger partial charge in [-0.1, -0.05) is 0 Å². The molecule has 8 heteroatoms. The average molecular weight is 375 g/mol. The van der Waals surface area contributed by atoms with Crippen molar-refractivity contribution in [2.45, 2.75) is 25.2 Å². The number of allylic oxidation sites excluding steroid dienone is 3. The minimum absolute atomic E-state index is 0.0777. The van der Waals surface area contributed by atoms with E-state index in [-0.39, 0.29) is 17.2 Å². The van der Waals surface area contributed by atoms with Crippen LogP contribution < -0.4 is 11.2 Å². The van der Waals surface area contributed by atoms with E-state index in [9.17, 15) is 14.9 Å². The summed E-state index contributed by atoms with van der Waals surface area (Å²) in [5, 5.41) is 11.1. The van der Waals surface area contributed by atoms with Crippen LogP contribution in [0.4, 0.5) is 0 Å². The van der Waals surface area contributed by atoms with Gasteiger partial charge in [0.05, 0.1) is 29.5 Å². The van der Waals surface area contributed by atoms with Crippen LogP contribution in [-0.2, 0) is 4.79 Å². The maximum absolute atomic E-state index is 12.8. The number of aromatic nitrogens is 1. The summed E-state index contributed by atoms with van der Waals surface area (Å²) < 4.78 is 5.50. The normalized spacial score (nSPS) is 19.3. The number of carbonyl (C=O) groups is 2. The molecule has 2 aromatic rings. The predicted octanol–water partition coefficient (Wildman–Crippen LogP) is 2.12. The van der Waals surface area contributed by atoms with Gasteiger partial charge in [-0.3, -0.25) is 20.0 Å². The van der Waals surface area contributed by atoms with E-state index in [1.807, 2.05) is 0 Å². The van der Waals surface area contributed by atoms with Gasteiger partial charge in [-0.15, -0.1) is 0 Å². The highest BCUT2D eigenvalue weighted by molar-refractivity contribution is 6.00. The highest BCUT2D eigenvalue weighted by atomic mass is 16.3. The minimum Gasteiger partial charge on any atom is -0.468 e. The van der Waals surface area contributed by atoms with Crippen LogP contribution in [0.25, 0.3) is 0 Å². The van der Waals surface area contributed by atoms with E-state index in [1.165, 1.54) is 23.7 Å². The Bertz CT molecular complexity index is 1030.